The summed E-state index contributed by atoms with van der Waals surface area (Å²) in [6.45, 7) is 1.82. The molecule has 0 radical (unpaired) electrons. The SMILES string of the molecule is COc1cc(C)c(N)cc1S(=O)(=O)NC1CCCSC1. The zero-order valence-corrected chi connectivity index (χ0v) is 13.3. The summed E-state index contributed by atoms with van der Waals surface area (Å²) in [7, 11) is -2.15. The van der Waals surface area contributed by atoms with E-state index in [9.17, 15) is 8.42 Å². The van der Waals surface area contributed by atoms with Crippen molar-refractivity contribution >= 4 is 27.5 Å². The van der Waals surface area contributed by atoms with Gasteiger partial charge in [-0.15, -0.1) is 0 Å². The van der Waals surface area contributed by atoms with Crippen LogP contribution in [0.25, 0.3) is 0 Å². The van der Waals surface area contributed by atoms with Gasteiger partial charge in [-0.2, -0.15) is 11.8 Å². The molecule has 1 aliphatic rings. The lowest BCUT2D eigenvalue weighted by Crippen LogP contribution is -2.38. The molecule has 112 valence electrons. The fourth-order valence-electron chi connectivity index (χ4n) is 2.16. The van der Waals surface area contributed by atoms with Crippen molar-refractivity contribution in [2.45, 2.75) is 30.7 Å². The molecule has 1 aromatic carbocycles. The maximum Gasteiger partial charge on any atom is 0.244 e. The van der Waals surface area contributed by atoms with Crippen molar-refractivity contribution in [2.75, 3.05) is 24.3 Å². The van der Waals surface area contributed by atoms with Crippen molar-refractivity contribution in [3.63, 3.8) is 0 Å². The highest BCUT2D eigenvalue weighted by molar-refractivity contribution is 7.99. The Morgan fingerprint density at radius 1 is 1.45 bits per heavy atom. The number of anilines is 1. The molecule has 1 fully saturated rings. The normalized spacial score (nSPS) is 19.8. The zero-order valence-electron chi connectivity index (χ0n) is 11.7. The second-order valence-electron chi connectivity index (χ2n) is 4.90. The third-order valence-electron chi connectivity index (χ3n) is 3.32. The van der Waals surface area contributed by atoms with Crippen molar-refractivity contribution in [2.24, 2.45) is 0 Å². The van der Waals surface area contributed by atoms with Crippen molar-refractivity contribution in [1.29, 1.82) is 0 Å². The number of nitrogens with one attached hydrogen (secondary N) is 1. The maximum atomic E-state index is 12.5. The first-order chi connectivity index (χ1) is 9.44. The molecule has 20 heavy (non-hydrogen) atoms. The van der Waals surface area contributed by atoms with Gasteiger partial charge in [0, 0.05) is 17.5 Å². The molecule has 1 unspecified atom stereocenters. The number of ether oxygens (including phenoxy) is 1. The van der Waals surface area contributed by atoms with Gasteiger partial charge in [0.2, 0.25) is 10.0 Å². The topological polar surface area (TPSA) is 81.4 Å². The summed E-state index contributed by atoms with van der Waals surface area (Å²) >= 11 is 1.77. The van der Waals surface area contributed by atoms with Gasteiger partial charge >= 0.3 is 0 Å². The van der Waals surface area contributed by atoms with Gasteiger partial charge in [-0.1, -0.05) is 0 Å². The van der Waals surface area contributed by atoms with Crippen LogP contribution < -0.4 is 15.2 Å². The van der Waals surface area contributed by atoms with Crippen LogP contribution in [0.15, 0.2) is 17.0 Å². The van der Waals surface area contributed by atoms with Crippen LogP contribution in [0.4, 0.5) is 5.69 Å². The van der Waals surface area contributed by atoms with E-state index >= 15 is 0 Å². The molecule has 1 aromatic rings. The van der Waals surface area contributed by atoms with Gasteiger partial charge in [0.25, 0.3) is 0 Å². The van der Waals surface area contributed by atoms with Crippen LogP contribution in [0.5, 0.6) is 5.75 Å². The number of sulfonamides is 1. The van der Waals surface area contributed by atoms with Gasteiger partial charge in [0.15, 0.2) is 0 Å². The average molecular weight is 316 g/mol. The highest BCUT2D eigenvalue weighted by Crippen LogP contribution is 2.29. The van der Waals surface area contributed by atoms with E-state index < -0.39 is 10.0 Å². The maximum absolute atomic E-state index is 12.5. The molecule has 1 heterocycles. The summed E-state index contributed by atoms with van der Waals surface area (Å²) in [5.74, 6) is 2.23. The molecular weight excluding hydrogens is 296 g/mol. The van der Waals surface area contributed by atoms with Crippen LogP contribution in [-0.2, 0) is 10.0 Å². The standard InChI is InChI=1S/C13H20N2O3S2/c1-9-6-12(18-2)13(7-11(9)14)20(16,17)15-10-4-3-5-19-8-10/h6-7,10,15H,3-5,8,14H2,1-2H3. The molecule has 0 bridgehead atoms. The van der Waals surface area contributed by atoms with Crippen molar-refractivity contribution in [3.05, 3.63) is 17.7 Å². The first-order valence-electron chi connectivity index (χ1n) is 6.48. The minimum Gasteiger partial charge on any atom is -0.495 e. The van der Waals surface area contributed by atoms with Crippen LogP contribution in [0.1, 0.15) is 18.4 Å². The Morgan fingerprint density at radius 2 is 2.20 bits per heavy atom. The molecule has 2 rings (SSSR count). The van der Waals surface area contributed by atoms with Crippen LogP contribution in [0, 0.1) is 6.92 Å². The first kappa shape index (κ1) is 15.5. The van der Waals surface area contributed by atoms with Gasteiger partial charge in [0.1, 0.15) is 10.6 Å². The second-order valence-corrected chi connectivity index (χ2v) is 7.73. The molecule has 3 N–H and O–H groups in total. The zero-order chi connectivity index (χ0) is 14.8. The average Bonchev–Trinajstić information content (AvgIpc) is 2.42. The van der Waals surface area contributed by atoms with Gasteiger partial charge in [-0.3, -0.25) is 0 Å². The number of nitrogen functional groups attached to an aromatic ring is 1. The Hall–Kier alpha value is -0.920. The Labute approximate surface area is 124 Å². The van der Waals surface area contributed by atoms with E-state index in [1.165, 1.54) is 13.2 Å². The van der Waals surface area contributed by atoms with Crippen molar-refractivity contribution < 1.29 is 13.2 Å². The van der Waals surface area contributed by atoms with E-state index in [1.807, 2.05) is 6.92 Å². The minimum absolute atomic E-state index is 0.0222. The first-order valence-corrected chi connectivity index (χ1v) is 9.12. The van der Waals surface area contributed by atoms with Crippen LogP contribution in [0.2, 0.25) is 0 Å². The molecule has 1 saturated heterocycles. The number of rotatable bonds is 4. The Morgan fingerprint density at radius 3 is 2.80 bits per heavy atom. The Kier molecular flexibility index (Phi) is 4.82. The number of thioether (sulfide) groups is 1. The third kappa shape index (κ3) is 3.39. The van der Waals surface area contributed by atoms with Gasteiger partial charge in [0.05, 0.1) is 7.11 Å². The predicted molar refractivity (Wildman–Crippen MR) is 82.8 cm³/mol. The summed E-state index contributed by atoms with van der Waals surface area (Å²) in [5.41, 5.74) is 7.07. The fraction of sp³-hybridized carbons (Fsp3) is 0.538. The molecule has 5 nitrogen and oxygen atoms in total. The highest BCUT2D eigenvalue weighted by Gasteiger charge is 2.25. The summed E-state index contributed by atoms with van der Waals surface area (Å²) in [6.07, 6.45) is 1.90. The molecular formula is C13H20N2O3S2. The second kappa shape index (κ2) is 6.24. The van der Waals surface area contributed by atoms with E-state index in [-0.39, 0.29) is 10.9 Å². The molecule has 0 amide bonds. The lowest BCUT2D eigenvalue weighted by atomic mass is 10.2. The number of nitrogens with two attached hydrogens (primary N) is 1. The largest absolute Gasteiger partial charge is 0.495 e. The Balaban J connectivity index is 2.30. The van der Waals surface area contributed by atoms with Crippen molar-refractivity contribution in [1.82, 2.24) is 4.72 Å². The molecule has 0 saturated carbocycles. The van der Waals surface area contributed by atoms with Gasteiger partial charge in [-0.05, 0) is 43.2 Å². The number of hydrogen-bond donors (Lipinski definition) is 2. The van der Waals surface area contributed by atoms with Crippen LogP contribution in [0.3, 0.4) is 0 Å². The Bertz CT molecular complexity index is 582. The summed E-state index contributed by atoms with van der Waals surface area (Å²) in [5, 5.41) is 0. The highest BCUT2D eigenvalue weighted by atomic mass is 32.2. The monoisotopic (exact) mass is 316 g/mol. The number of methoxy groups -OCH3 is 1. The smallest absolute Gasteiger partial charge is 0.244 e. The molecule has 7 heteroatoms. The van der Waals surface area contributed by atoms with Gasteiger partial charge in [-0.25, -0.2) is 13.1 Å². The summed E-state index contributed by atoms with van der Waals surface area (Å²) in [4.78, 5) is 0.110. The lowest BCUT2D eigenvalue weighted by Gasteiger charge is -2.23. The summed E-state index contributed by atoms with van der Waals surface area (Å²) in [6, 6.07) is 3.09. The van der Waals surface area contributed by atoms with E-state index in [0.29, 0.717) is 11.4 Å². The van der Waals surface area contributed by atoms with Crippen LogP contribution >= 0.6 is 11.8 Å². The third-order valence-corrected chi connectivity index (χ3v) is 6.08. The minimum atomic E-state index is -3.61. The van der Waals surface area contributed by atoms with E-state index in [2.05, 4.69) is 4.72 Å². The molecule has 0 aliphatic carbocycles. The lowest BCUT2D eigenvalue weighted by molar-refractivity contribution is 0.401. The van der Waals surface area contributed by atoms with Crippen molar-refractivity contribution in [3.8, 4) is 5.75 Å². The molecule has 1 atom stereocenters. The predicted octanol–water partition coefficient (Wildman–Crippen LogP) is 1.76. The molecule has 1 aliphatic heterocycles. The molecule has 0 spiro atoms. The number of benzene rings is 1. The summed E-state index contributed by atoms with van der Waals surface area (Å²) < 4.78 is 32.9. The van der Waals surface area contributed by atoms with E-state index in [4.69, 9.17) is 10.5 Å². The fourth-order valence-corrected chi connectivity index (χ4v) is 4.80. The number of hydrogen-bond acceptors (Lipinski definition) is 5. The van der Waals surface area contributed by atoms with E-state index in [1.54, 1.807) is 17.8 Å². The number of aryl methyl sites for hydroxylation is 1. The quantitative estimate of drug-likeness (QED) is 0.827. The molecule has 0 aromatic heterocycles. The van der Waals surface area contributed by atoms with Crippen LogP contribution in [-0.4, -0.2) is 33.1 Å². The van der Waals surface area contributed by atoms with Gasteiger partial charge < -0.3 is 10.5 Å². The van der Waals surface area contributed by atoms with E-state index in [0.717, 1.165) is 29.9 Å².